The van der Waals surface area contributed by atoms with Crippen molar-refractivity contribution in [1.82, 2.24) is 0 Å². The van der Waals surface area contributed by atoms with E-state index < -0.39 is 8.07 Å². The fraction of sp³-hybridized carbons (Fsp3) is 0.538. The molecule has 2 atom stereocenters. The van der Waals surface area contributed by atoms with E-state index in [1.54, 1.807) is 0 Å². The van der Waals surface area contributed by atoms with Crippen molar-refractivity contribution in [2.24, 2.45) is 0 Å². The van der Waals surface area contributed by atoms with Crippen molar-refractivity contribution < 1.29 is 4.74 Å². The Morgan fingerprint density at radius 2 is 1.87 bits per heavy atom. The van der Waals surface area contributed by atoms with E-state index in [2.05, 4.69) is 50.0 Å². The molecule has 1 aromatic rings. The molecule has 2 heteroatoms. The Hall–Kier alpha value is -0.603. The number of rotatable bonds is 4. The second-order valence-corrected chi connectivity index (χ2v) is 10.9. The quantitative estimate of drug-likeness (QED) is 0.559. The monoisotopic (exact) mass is 220 g/mol. The fourth-order valence-electron chi connectivity index (χ4n) is 2.14. The van der Waals surface area contributed by atoms with Gasteiger partial charge in [0.2, 0.25) is 0 Å². The molecule has 0 aliphatic carbocycles. The third-order valence-corrected chi connectivity index (χ3v) is 5.81. The summed E-state index contributed by atoms with van der Waals surface area (Å²) in [5.74, 6) is 0. The van der Waals surface area contributed by atoms with Gasteiger partial charge in [-0.15, -0.1) is 0 Å². The molecule has 1 aliphatic heterocycles. The topological polar surface area (TPSA) is 12.5 Å². The van der Waals surface area contributed by atoms with Crippen LogP contribution < -0.4 is 0 Å². The van der Waals surface area contributed by atoms with Gasteiger partial charge >= 0.3 is 0 Å². The lowest BCUT2D eigenvalue weighted by Crippen LogP contribution is -2.32. The van der Waals surface area contributed by atoms with E-state index in [4.69, 9.17) is 4.74 Å². The SMILES string of the molecule is C[Si](C)(C)[C@H](C[C@H]1CO1)c1ccccc1. The molecule has 2 rings (SSSR count). The predicted molar refractivity (Wildman–Crippen MR) is 66.9 cm³/mol. The van der Waals surface area contributed by atoms with Crippen LogP contribution in [0.15, 0.2) is 30.3 Å². The van der Waals surface area contributed by atoms with Crippen LogP contribution in [0.1, 0.15) is 17.5 Å². The average Bonchev–Trinajstić information content (AvgIpc) is 2.97. The molecule has 0 amide bonds. The first-order valence-corrected chi connectivity index (χ1v) is 9.31. The Bertz CT molecular complexity index is 311. The van der Waals surface area contributed by atoms with Crippen LogP contribution >= 0.6 is 0 Å². The van der Waals surface area contributed by atoms with E-state index in [0.717, 1.165) is 12.1 Å². The number of ether oxygens (including phenoxy) is 1. The lowest BCUT2D eigenvalue weighted by molar-refractivity contribution is 0.393. The van der Waals surface area contributed by atoms with Gasteiger partial charge < -0.3 is 4.74 Å². The van der Waals surface area contributed by atoms with Crippen LogP contribution in [0.4, 0.5) is 0 Å². The Labute approximate surface area is 93.5 Å². The normalized spacial score (nSPS) is 22.5. The number of benzene rings is 1. The first-order chi connectivity index (χ1) is 7.07. The van der Waals surface area contributed by atoms with E-state index in [1.165, 1.54) is 12.0 Å². The van der Waals surface area contributed by atoms with Crippen molar-refractivity contribution in [3.05, 3.63) is 35.9 Å². The van der Waals surface area contributed by atoms with Crippen molar-refractivity contribution in [1.29, 1.82) is 0 Å². The first-order valence-electron chi connectivity index (χ1n) is 5.74. The molecule has 0 bridgehead atoms. The first kappa shape index (κ1) is 10.9. The van der Waals surface area contributed by atoms with Gasteiger partial charge in [0.05, 0.1) is 20.8 Å². The number of hydrogen-bond donors (Lipinski definition) is 0. The predicted octanol–water partition coefficient (Wildman–Crippen LogP) is 3.44. The largest absolute Gasteiger partial charge is 0.373 e. The molecule has 1 fully saturated rings. The summed E-state index contributed by atoms with van der Waals surface area (Å²) >= 11 is 0. The highest BCUT2D eigenvalue weighted by atomic mass is 28.3. The Balaban J connectivity index is 2.17. The fourth-order valence-corrected chi connectivity index (χ4v) is 4.30. The molecule has 82 valence electrons. The maximum Gasteiger partial charge on any atom is 0.0813 e. The molecule has 0 saturated carbocycles. The molecule has 0 radical (unpaired) electrons. The minimum absolute atomic E-state index is 0.543. The molecule has 0 aromatic heterocycles. The summed E-state index contributed by atoms with van der Waals surface area (Å²) in [6, 6.07) is 10.9. The Kier molecular flexibility index (Phi) is 2.98. The summed E-state index contributed by atoms with van der Waals surface area (Å²) in [5.41, 5.74) is 2.25. The van der Waals surface area contributed by atoms with Gasteiger partial charge in [-0.05, 0) is 17.5 Å². The lowest BCUT2D eigenvalue weighted by Gasteiger charge is -2.29. The molecule has 1 nitrogen and oxygen atoms in total. The van der Waals surface area contributed by atoms with Gasteiger partial charge in [-0.1, -0.05) is 50.0 Å². The van der Waals surface area contributed by atoms with Crippen LogP contribution in [-0.2, 0) is 4.74 Å². The molecule has 1 heterocycles. The standard InChI is InChI=1S/C13H20OSi/c1-15(2,3)13(9-12-10-14-12)11-7-5-4-6-8-11/h4-8,12-13H,9-10H2,1-3H3/t12-,13+/m0/s1. The Morgan fingerprint density at radius 1 is 1.27 bits per heavy atom. The summed E-state index contributed by atoms with van der Waals surface area (Å²) in [6.07, 6.45) is 1.77. The molecule has 0 unspecified atom stereocenters. The van der Waals surface area contributed by atoms with E-state index in [1.807, 2.05) is 0 Å². The summed E-state index contributed by atoms with van der Waals surface area (Å²) in [7, 11) is -1.13. The van der Waals surface area contributed by atoms with E-state index >= 15 is 0 Å². The highest BCUT2D eigenvalue weighted by molar-refractivity contribution is 6.77. The van der Waals surface area contributed by atoms with Crippen molar-refractivity contribution in [2.45, 2.75) is 37.7 Å². The van der Waals surface area contributed by atoms with Crippen molar-refractivity contribution >= 4 is 8.07 Å². The number of hydrogen-bond acceptors (Lipinski definition) is 1. The van der Waals surface area contributed by atoms with E-state index in [9.17, 15) is 0 Å². The van der Waals surface area contributed by atoms with Crippen LogP contribution in [0.25, 0.3) is 0 Å². The zero-order chi connectivity index (χ0) is 10.9. The summed E-state index contributed by atoms with van der Waals surface area (Å²) in [6.45, 7) is 8.33. The zero-order valence-corrected chi connectivity index (χ0v) is 10.9. The molecule has 1 saturated heterocycles. The minimum Gasteiger partial charge on any atom is -0.373 e. The third-order valence-electron chi connectivity index (χ3n) is 3.15. The smallest absolute Gasteiger partial charge is 0.0813 e. The van der Waals surface area contributed by atoms with Crippen LogP contribution in [-0.4, -0.2) is 20.8 Å². The second-order valence-electron chi connectivity index (χ2n) is 5.52. The van der Waals surface area contributed by atoms with Crippen LogP contribution in [0.3, 0.4) is 0 Å². The Morgan fingerprint density at radius 3 is 2.33 bits per heavy atom. The molecule has 0 spiro atoms. The average molecular weight is 220 g/mol. The van der Waals surface area contributed by atoms with Crippen molar-refractivity contribution in [3.8, 4) is 0 Å². The highest BCUT2D eigenvalue weighted by Crippen LogP contribution is 2.34. The van der Waals surface area contributed by atoms with Gasteiger partial charge in [-0.2, -0.15) is 0 Å². The summed E-state index contributed by atoms with van der Waals surface area (Å²) in [4.78, 5) is 0. The van der Waals surface area contributed by atoms with Gasteiger partial charge in [0.15, 0.2) is 0 Å². The molecule has 1 aliphatic rings. The van der Waals surface area contributed by atoms with Crippen LogP contribution in [0.2, 0.25) is 19.6 Å². The van der Waals surface area contributed by atoms with Gasteiger partial charge in [-0.3, -0.25) is 0 Å². The third kappa shape index (κ3) is 2.92. The molecule has 15 heavy (non-hydrogen) atoms. The molecule has 0 N–H and O–H groups in total. The number of epoxide rings is 1. The minimum atomic E-state index is -1.13. The van der Waals surface area contributed by atoms with Crippen molar-refractivity contribution in [2.75, 3.05) is 6.61 Å². The van der Waals surface area contributed by atoms with Gasteiger partial charge in [0.25, 0.3) is 0 Å². The van der Waals surface area contributed by atoms with E-state index in [0.29, 0.717) is 6.10 Å². The molecule has 1 aromatic carbocycles. The van der Waals surface area contributed by atoms with Gasteiger partial charge in [0.1, 0.15) is 0 Å². The lowest BCUT2D eigenvalue weighted by atomic mass is 10.1. The molecular formula is C13H20OSi. The summed E-state index contributed by atoms with van der Waals surface area (Å²) < 4.78 is 5.38. The van der Waals surface area contributed by atoms with Crippen LogP contribution in [0, 0.1) is 0 Å². The van der Waals surface area contributed by atoms with Gasteiger partial charge in [0, 0.05) is 0 Å². The highest BCUT2D eigenvalue weighted by Gasteiger charge is 2.34. The summed E-state index contributed by atoms with van der Waals surface area (Å²) in [5, 5.41) is 0. The van der Waals surface area contributed by atoms with Gasteiger partial charge in [-0.25, -0.2) is 0 Å². The maximum atomic E-state index is 5.38. The van der Waals surface area contributed by atoms with Crippen molar-refractivity contribution in [3.63, 3.8) is 0 Å². The van der Waals surface area contributed by atoms with Crippen LogP contribution in [0.5, 0.6) is 0 Å². The molecular weight excluding hydrogens is 200 g/mol. The maximum absolute atomic E-state index is 5.38. The zero-order valence-electron chi connectivity index (χ0n) is 9.86. The second kappa shape index (κ2) is 4.10. The van der Waals surface area contributed by atoms with E-state index in [-0.39, 0.29) is 0 Å².